The zero-order valence-electron chi connectivity index (χ0n) is 15.7. The van der Waals surface area contributed by atoms with Gasteiger partial charge in [0.25, 0.3) is 0 Å². The number of hydrogen-bond donors (Lipinski definition) is 0. The quantitative estimate of drug-likeness (QED) is 0.492. The highest BCUT2D eigenvalue weighted by molar-refractivity contribution is 6.77. The van der Waals surface area contributed by atoms with Crippen LogP contribution in [0.5, 0.6) is 0 Å². The van der Waals surface area contributed by atoms with Gasteiger partial charge in [-0.1, -0.05) is 53.7 Å². The van der Waals surface area contributed by atoms with Crippen LogP contribution in [-0.4, -0.2) is 20.7 Å². The molecule has 2 nitrogen and oxygen atoms in total. The molecule has 23 heavy (non-hydrogen) atoms. The summed E-state index contributed by atoms with van der Waals surface area (Å²) in [7, 11) is -1.81. The van der Waals surface area contributed by atoms with Gasteiger partial charge in [-0.2, -0.15) is 0 Å². The lowest BCUT2D eigenvalue weighted by atomic mass is 9.81. The molecule has 0 aromatic rings. The molecule has 2 fully saturated rings. The summed E-state index contributed by atoms with van der Waals surface area (Å²) in [5.41, 5.74) is 1.86. The Bertz CT molecular complexity index is 472. The monoisotopic (exact) mass is 334 g/mol. The smallest absolute Gasteiger partial charge is 0.200 e. The van der Waals surface area contributed by atoms with E-state index in [2.05, 4.69) is 53.7 Å². The average Bonchev–Trinajstić information content (AvgIpc) is 3.12. The maximum absolute atomic E-state index is 12.5. The maximum atomic E-state index is 12.5. The van der Waals surface area contributed by atoms with E-state index in [1.807, 2.05) is 0 Å². The van der Waals surface area contributed by atoms with Gasteiger partial charge in [-0.3, -0.25) is 4.79 Å². The minimum atomic E-state index is -1.81. The SMILES string of the molecule is CC(C)[Si](OC[C@H]1CC(=O)[C@H]2[C@@H]1[C@@H]1C=C[C@H]2C1)(C(C)C)C(C)C. The number of Topliss-reactive ketones (excluding diaryl/α,β-unsaturated/α-hetero) is 1. The molecule has 3 rings (SSSR count). The largest absolute Gasteiger partial charge is 0.416 e. The molecule has 0 aromatic carbocycles. The first-order valence-corrected chi connectivity index (χ1v) is 11.8. The second-order valence-corrected chi connectivity index (χ2v) is 14.6. The number of hydrogen-bond acceptors (Lipinski definition) is 2. The molecule has 0 saturated heterocycles. The summed E-state index contributed by atoms with van der Waals surface area (Å²) in [6.45, 7) is 14.9. The normalized spacial score (nSPS) is 36.0. The molecule has 2 bridgehead atoms. The molecule has 0 aromatic heterocycles. The second kappa shape index (κ2) is 6.14. The predicted octanol–water partition coefficient (Wildman–Crippen LogP) is 5.21. The van der Waals surface area contributed by atoms with Crippen molar-refractivity contribution in [3.63, 3.8) is 0 Å². The van der Waals surface area contributed by atoms with Gasteiger partial charge >= 0.3 is 0 Å². The highest BCUT2D eigenvalue weighted by Crippen LogP contribution is 2.56. The summed E-state index contributed by atoms with van der Waals surface area (Å²) in [4.78, 5) is 12.5. The number of rotatable bonds is 6. The fourth-order valence-electron chi connectivity index (χ4n) is 6.41. The number of ketones is 1. The van der Waals surface area contributed by atoms with Crippen molar-refractivity contribution in [2.24, 2.45) is 29.6 Å². The van der Waals surface area contributed by atoms with Crippen LogP contribution in [0.15, 0.2) is 12.2 Å². The fraction of sp³-hybridized carbons (Fsp3) is 0.850. The topological polar surface area (TPSA) is 26.3 Å². The molecule has 3 aliphatic rings. The number of fused-ring (bicyclic) bond motifs is 5. The molecule has 0 N–H and O–H groups in total. The Kier molecular flexibility index (Phi) is 4.65. The zero-order chi connectivity index (χ0) is 16.9. The highest BCUT2D eigenvalue weighted by atomic mass is 28.4. The van der Waals surface area contributed by atoms with Gasteiger partial charge in [0.05, 0.1) is 0 Å². The van der Waals surface area contributed by atoms with Gasteiger partial charge in [-0.25, -0.2) is 0 Å². The maximum Gasteiger partial charge on any atom is 0.200 e. The first-order valence-electron chi connectivity index (χ1n) is 9.64. The van der Waals surface area contributed by atoms with Crippen molar-refractivity contribution < 1.29 is 9.22 Å². The molecule has 0 radical (unpaired) electrons. The summed E-state index contributed by atoms with van der Waals surface area (Å²) in [5, 5.41) is 0. The molecule has 0 amide bonds. The number of carbonyl (C=O) groups is 1. The van der Waals surface area contributed by atoms with Gasteiger partial charge in [0.1, 0.15) is 5.78 Å². The molecular formula is C20H34O2Si. The van der Waals surface area contributed by atoms with Gasteiger partial charge in [-0.15, -0.1) is 0 Å². The number of allylic oxidation sites excluding steroid dienone is 2. The Morgan fingerprint density at radius 1 is 1.04 bits per heavy atom. The van der Waals surface area contributed by atoms with Crippen molar-refractivity contribution in [3.8, 4) is 0 Å². The minimum absolute atomic E-state index is 0.326. The van der Waals surface area contributed by atoms with Gasteiger partial charge < -0.3 is 4.43 Å². The van der Waals surface area contributed by atoms with Gasteiger partial charge in [0.15, 0.2) is 8.32 Å². The van der Waals surface area contributed by atoms with Crippen LogP contribution >= 0.6 is 0 Å². The molecule has 3 heteroatoms. The van der Waals surface area contributed by atoms with E-state index in [-0.39, 0.29) is 0 Å². The Labute approximate surface area is 143 Å². The summed E-state index contributed by atoms with van der Waals surface area (Å²) in [5.74, 6) is 3.09. The third-order valence-electron chi connectivity index (χ3n) is 7.15. The number of carbonyl (C=O) groups excluding carboxylic acids is 1. The second-order valence-electron chi connectivity index (χ2n) is 9.11. The lowest BCUT2D eigenvalue weighted by Gasteiger charge is -2.43. The average molecular weight is 335 g/mol. The standard InChI is InChI=1S/C20H34O2Si/c1-12(2)23(13(3)4,14(5)6)22-11-17-10-18(21)20-16-8-7-15(9-16)19(17)20/h7-8,12-17,19-20H,9-11H2,1-6H3/t15-,16+,17-,19-,20+/m1/s1. The van der Waals surface area contributed by atoms with Gasteiger partial charge in [0.2, 0.25) is 0 Å². The summed E-state index contributed by atoms with van der Waals surface area (Å²) in [6.07, 6.45) is 6.68. The molecule has 0 spiro atoms. The molecule has 3 aliphatic carbocycles. The minimum Gasteiger partial charge on any atom is -0.416 e. The summed E-state index contributed by atoms with van der Waals surface area (Å²) >= 11 is 0. The summed E-state index contributed by atoms with van der Waals surface area (Å²) < 4.78 is 6.82. The summed E-state index contributed by atoms with van der Waals surface area (Å²) in [6, 6.07) is 0. The van der Waals surface area contributed by atoms with Crippen LogP contribution in [0, 0.1) is 29.6 Å². The highest BCUT2D eigenvalue weighted by Gasteiger charge is 2.56. The first kappa shape index (κ1) is 17.4. The van der Waals surface area contributed by atoms with Crippen molar-refractivity contribution in [2.75, 3.05) is 6.61 Å². The third-order valence-corrected chi connectivity index (χ3v) is 13.2. The van der Waals surface area contributed by atoms with E-state index in [0.717, 1.165) is 13.0 Å². The van der Waals surface area contributed by atoms with Crippen LogP contribution in [0.1, 0.15) is 54.4 Å². The van der Waals surface area contributed by atoms with E-state index in [0.29, 0.717) is 52.0 Å². The van der Waals surface area contributed by atoms with Crippen LogP contribution in [0.25, 0.3) is 0 Å². The molecular weight excluding hydrogens is 300 g/mol. The van der Waals surface area contributed by atoms with Crippen LogP contribution in [0.3, 0.4) is 0 Å². The first-order chi connectivity index (χ1) is 10.8. The van der Waals surface area contributed by atoms with Crippen molar-refractivity contribution in [1.29, 1.82) is 0 Å². The Hall–Kier alpha value is -0.413. The lowest BCUT2D eigenvalue weighted by Crippen LogP contribution is -2.49. The molecule has 5 atom stereocenters. The van der Waals surface area contributed by atoms with Crippen LogP contribution in [-0.2, 0) is 9.22 Å². The molecule has 130 valence electrons. The molecule has 2 saturated carbocycles. The van der Waals surface area contributed by atoms with Crippen molar-refractivity contribution in [2.45, 2.75) is 71.0 Å². The van der Waals surface area contributed by atoms with Crippen molar-refractivity contribution >= 4 is 14.1 Å². The fourth-order valence-corrected chi connectivity index (χ4v) is 11.9. The van der Waals surface area contributed by atoms with Crippen LogP contribution in [0.2, 0.25) is 16.6 Å². The Morgan fingerprint density at radius 2 is 1.61 bits per heavy atom. The van der Waals surface area contributed by atoms with Crippen LogP contribution < -0.4 is 0 Å². The van der Waals surface area contributed by atoms with Crippen LogP contribution in [0.4, 0.5) is 0 Å². The van der Waals surface area contributed by atoms with E-state index in [1.165, 1.54) is 6.42 Å². The van der Waals surface area contributed by atoms with Crippen molar-refractivity contribution in [3.05, 3.63) is 12.2 Å². The van der Waals surface area contributed by atoms with E-state index in [4.69, 9.17) is 4.43 Å². The molecule has 0 heterocycles. The van der Waals surface area contributed by atoms with Gasteiger partial charge in [0, 0.05) is 18.9 Å². The Balaban J connectivity index is 1.74. The predicted molar refractivity (Wildman–Crippen MR) is 97.8 cm³/mol. The van der Waals surface area contributed by atoms with Gasteiger partial charge in [-0.05, 0) is 46.7 Å². The molecule has 0 aliphatic heterocycles. The van der Waals surface area contributed by atoms with E-state index >= 15 is 0 Å². The molecule has 0 unspecified atom stereocenters. The zero-order valence-corrected chi connectivity index (χ0v) is 16.7. The van der Waals surface area contributed by atoms with Crippen molar-refractivity contribution in [1.82, 2.24) is 0 Å². The van der Waals surface area contributed by atoms with E-state index < -0.39 is 8.32 Å². The van der Waals surface area contributed by atoms with E-state index in [9.17, 15) is 4.79 Å². The third kappa shape index (κ3) is 2.59. The Morgan fingerprint density at radius 3 is 2.17 bits per heavy atom. The lowest BCUT2D eigenvalue weighted by molar-refractivity contribution is -0.121. The van der Waals surface area contributed by atoms with E-state index in [1.54, 1.807) is 0 Å².